The number of hydrogen-bond acceptors (Lipinski definition) is 3. The van der Waals surface area contributed by atoms with E-state index in [1.165, 1.54) is 0 Å². The molecule has 4 heteroatoms. The molecule has 0 atom stereocenters. The number of thiophene rings is 1. The van der Waals surface area contributed by atoms with Crippen LogP contribution in [-0.2, 0) is 0 Å². The molecule has 0 fully saturated rings. The molecule has 0 aliphatic carbocycles. The van der Waals surface area contributed by atoms with Crippen LogP contribution in [0.3, 0.4) is 0 Å². The summed E-state index contributed by atoms with van der Waals surface area (Å²) >= 11 is 1.64. The molecule has 2 N–H and O–H groups in total. The zero-order valence-electron chi connectivity index (χ0n) is 6.69. The monoisotopic (exact) mass is 179 g/mol. The summed E-state index contributed by atoms with van der Waals surface area (Å²) in [5, 5.41) is 8.27. The molecule has 2 aromatic heterocycles. The van der Waals surface area contributed by atoms with E-state index in [9.17, 15) is 0 Å². The van der Waals surface area contributed by atoms with Crippen molar-refractivity contribution in [1.29, 1.82) is 0 Å². The van der Waals surface area contributed by atoms with Crippen molar-refractivity contribution in [3.8, 4) is 5.69 Å². The van der Waals surface area contributed by atoms with Gasteiger partial charge in [0.1, 0.15) is 5.82 Å². The van der Waals surface area contributed by atoms with Crippen LogP contribution in [0.1, 0.15) is 5.69 Å². The standard InChI is InChI=1S/C8H9N3S/c1-6-4-8(9)11(10-6)7-2-3-12-5-7/h2-5H,9H2,1H3. The van der Waals surface area contributed by atoms with Crippen molar-refractivity contribution in [2.45, 2.75) is 6.92 Å². The maximum atomic E-state index is 5.74. The lowest BCUT2D eigenvalue weighted by Gasteiger charge is -1.97. The van der Waals surface area contributed by atoms with Crippen molar-refractivity contribution in [3.63, 3.8) is 0 Å². The van der Waals surface area contributed by atoms with Crippen LogP contribution >= 0.6 is 11.3 Å². The number of anilines is 1. The minimum atomic E-state index is 0.686. The smallest absolute Gasteiger partial charge is 0.127 e. The molecule has 0 unspecified atom stereocenters. The second kappa shape index (κ2) is 2.64. The molecule has 0 aromatic carbocycles. The number of nitrogens with zero attached hydrogens (tertiary/aromatic N) is 2. The molecular formula is C8H9N3S. The Morgan fingerprint density at radius 1 is 1.58 bits per heavy atom. The number of nitrogen functional groups attached to an aromatic ring is 1. The van der Waals surface area contributed by atoms with E-state index in [1.807, 2.05) is 29.8 Å². The number of aromatic nitrogens is 2. The van der Waals surface area contributed by atoms with E-state index in [0.29, 0.717) is 5.82 Å². The molecule has 2 rings (SSSR count). The summed E-state index contributed by atoms with van der Waals surface area (Å²) < 4.78 is 1.74. The van der Waals surface area contributed by atoms with E-state index in [1.54, 1.807) is 16.0 Å². The third kappa shape index (κ3) is 1.10. The highest BCUT2D eigenvalue weighted by Crippen LogP contribution is 2.16. The predicted octanol–water partition coefficient (Wildman–Crippen LogP) is 1.82. The molecule has 3 nitrogen and oxygen atoms in total. The van der Waals surface area contributed by atoms with Gasteiger partial charge in [0.25, 0.3) is 0 Å². The third-order valence-corrected chi connectivity index (χ3v) is 2.28. The lowest BCUT2D eigenvalue weighted by Crippen LogP contribution is -1.99. The van der Waals surface area contributed by atoms with Gasteiger partial charge >= 0.3 is 0 Å². The molecule has 0 aliphatic heterocycles. The van der Waals surface area contributed by atoms with E-state index in [0.717, 1.165) is 11.4 Å². The van der Waals surface area contributed by atoms with Crippen LogP contribution in [0.4, 0.5) is 5.82 Å². The Balaban J connectivity index is 2.54. The van der Waals surface area contributed by atoms with Gasteiger partial charge < -0.3 is 5.73 Å². The van der Waals surface area contributed by atoms with Crippen molar-refractivity contribution in [3.05, 3.63) is 28.6 Å². The van der Waals surface area contributed by atoms with Crippen LogP contribution in [-0.4, -0.2) is 9.78 Å². The van der Waals surface area contributed by atoms with E-state index >= 15 is 0 Å². The molecule has 0 spiro atoms. The Morgan fingerprint density at radius 3 is 2.92 bits per heavy atom. The van der Waals surface area contributed by atoms with Gasteiger partial charge in [-0.2, -0.15) is 16.4 Å². The van der Waals surface area contributed by atoms with Crippen LogP contribution < -0.4 is 5.73 Å². The van der Waals surface area contributed by atoms with Crippen molar-refractivity contribution < 1.29 is 0 Å². The topological polar surface area (TPSA) is 43.8 Å². The highest BCUT2D eigenvalue weighted by Gasteiger charge is 2.03. The van der Waals surface area contributed by atoms with E-state index in [-0.39, 0.29) is 0 Å². The lowest BCUT2D eigenvalue weighted by atomic mass is 10.5. The van der Waals surface area contributed by atoms with Gasteiger partial charge in [0.05, 0.1) is 11.4 Å². The quantitative estimate of drug-likeness (QED) is 0.725. The molecule has 0 bridgehead atoms. The van der Waals surface area contributed by atoms with Crippen LogP contribution in [0.2, 0.25) is 0 Å². The summed E-state index contributed by atoms with van der Waals surface area (Å²) in [6, 6.07) is 3.85. The van der Waals surface area contributed by atoms with Gasteiger partial charge in [0, 0.05) is 11.4 Å². The van der Waals surface area contributed by atoms with Gasteiger partial charge in [-0.25, -0.2) is 4.68 Å². The van der Waals surface area contributed by atoms with Gasteiger partial charge in [-0.1, -0.05) is 0 Å². The first-order chi connectivity index (χ1) is 5.77. The van der Waals surface area contributed by atoms with Crippen molar-refractivity contribution in [2.24, 2.45) is 0 Å². The van der Waals surface area contributed by atoms with Gasteiger partial charge in [-0.3, -0.25) is 0 Å². The van der Waals surface area contributed by atoms with Gasteiger partial charge in [-0.05, 0) is 18.4 Å². The average Bonchev–Trinajstić information content (AvgIpc) is 2.58. The molecule has 0 saturated heterocycles. The normalized spacial score (nSPS) is 10.4. The Morgan fingerprint density at radius 2 is 2.42 bits per heavy atom. The highest BCUT2D eigenvalue weighted by molar-refractivity contribution is 7.08. The maximum absolute atomic E-state index is 5.74. The van der Waals surface area contributed by atoms with Crippen LogP contribution in [0.15, 0.2) is 22.9 Å². The summed E-state index contributed by atoms with van der Waals surface area (Å²) in [6.45, 7) is 1.93. The number of aryl methyl sites for hydroxylation is 1. The Bertz CT molecular complexity index is 375. The van der Waals surface area contributed by atoms with Gasteiger partial charge in [0.15, 0.2) is 0 Å². The summed E-state index contributed by atoms with van der Waals surface area (Å²) in [7, 11) is 0. The van der Waals surface area contributed by atoms with Crippen molar-refractivity contribution in [2.75, 3.05) is 5.73 Å². The molecule has 0 amide bonds. The number of nitrogens with two attached hydrogens (primary N) is 1. The van der Waals surface area contributed by atoms with E-state index in [2.05, 4.69) is 5.10 Å². The second-order valence-electron chi connectivity index (χ2n) is 2.60. The highest BCUT2D eigenvalue weighted by atomic mass is 32.1. The van der Waals surface area contributed by atoms with E-state index in [4.69, 9.17) is 5.73 Å². The third-order valence-electron chi connectivity index (χ3n) is 1.61. The fraction of sp³-hybridized carbons (Fsp3) is 0.125. The largest absolute Gasteiger partial charge is 0.384 e. The summed E-state index contributed by atoms with van der Waals surface area (Å²) in [5.41, 5.74) is 7.71. The first-order valence-electron chi connectivity index (χ1n) is 3.62. The van der Waals surface area contributed by atoms with Gasteiger partial charge in [0.2, 0.25) is 0 Å². The number of hydrogen-bond donors (Lipinski definition) is 1. The average molecular weight is 179 g/mol. The second-order valence-corrected chi connectivity index (χ2v) is 3.38. The minimum absolute atomic E-state index is 0.686. The van der Waals surface area contributed by atoms with Crippen molar-refractivity contribution >= 4 is 17.2 Å². The summed E-state index contributed by atoms with van der Waals surface area (Å²) in [4.78, 5) is 0. The lowest BCUT2D eigenvalue weighted by molar-refractivity contribution is 0.876. The molecule has 62 valence electrons. The van der Waals surface area contributed by atoms with E-state index < -0.39 is 0 Å². The molecule has 0 radical (unpaired) electrons. The zero-order valence-corrected chi connectivity index (χ0v) is 7.51. The first-order valence-corrected chi connectivity index (χ1v) is 4.56. The van der Waals surface area contributed by atoms with Crippen LogP contribution in [0.5, 0.6) is 0 Å². The molecule has 2 aromatic rings. The number of rotatable bonds is 1. The zero-order chi connectivity index (χ0) is 8.55. The Labute approximate surface area is 74.4 Å². The van der Waals surface area contributed by atoms with Crippen molar-refractivity contribution in [1.82, 2.24) is 9.78 Å². The molecule has 2 heterocycles. The fourth-order valence-electron chi connectivity index (χ4n) is 1.10. The van der Waals surface area contributed by atoms with Gasteiger partial charge in [-0.15, -0.1) is 0 Å². The Kier molecular flexibility index (Phi) is 1.62. The predicted molar refractivity (Wildman–Crippen MR) is 50.6 cm³/mol. The fourth-order valence-corrected chi connectivity index (χ4v) is 1.72. The maximum Gasteiger partial charge on any atom is 0.127 e. The Hall–Kier alpha value is -1.29. The minimum Gasteiger partial charge on any atom is -0.384 e. The first kappa shape index (κ1) is 7.36. The molecule has 0 saturated carbocycles. The molecular weight excluding hydrogens is 170 g/mol. The summed E-state index contributed by atoms with van der Waals surface area (Å²) in [6.07, 6.45) is 0. The van der Waals surface area contributed by atoms with Crippen LogP contribution in [0, 0.1) is 6.92 Å². The van der Waals surface area contributed by atoms with Crippen LogP contribution in [0.25, 0.3) is 5.69 Å². The molecule has 0 aliphatic rings. The SMILES string of the molecule is Cc1cc(N)n(-c2ccsc2)n1. The molecule has 12 heavy (non-hydrogen) atoms. The summed E-state index contributed by atoms with van der Waals surface area (Å²) in [5.74, 6) is 0.686.